The van der Waals surface area contributed by atoms with Crippen molar-refractivity contribution in [3.8, 4) is 5.75 Å². The average Bonchev–Trinajstić information content (AvgIpc) is 2.70. The summed E-state index contributed by atoms with van der Waals surface area (Å²) in [6.45, 7) is 2.06. The number of carbonyl (C=O) groups excluding carboxylic acids is 2. The molecule has 0 radical (unpaired) electrons. The number of H-pyrrole nitrogens is 1. The maximum absolute atomic E-state index is 12.2. The summed E-state index contributed by atoms with van der Waals surface area (Å²) < 4.78 is 10.5. The zero-order chi connectivity index (χ0) is 19.9. The van der Waals surface area contributed by atoms with E-state index in [0.717, 1.165) is 11.3 Å². The van der Waals surface area contributed by atoms with Gasteiger partial charge in [0.25, 0.3) is 11.5 Å². The van der Waals surface area contributed by atoms with E-state index in [2.05, 4.69) is 15.5 Å². The molecule has 0 saturated carbocycles. The number of aromatic amines is 1. The lowest BCUT2D eigenvalue weighted by atomic mass is 10.1. The van der Waals surface area contributed by atoms with Gasteiger partial charge in [-0.15, -0.1) is 0 Å². The number of ether oxygens (including phenoxy) is 2. The SMILES string of the molecule is Cc1cccc(OCCNC(=O)COC(=O)c2n[nH]c(=O)c3ccccc23)c1. The van der Waals surface area contributed by atoms with E-state index in [9.17, 15) is 14.4 Å². The number of amides is 1. The van der Waals surface area contributed by atoms with E-state index >= 15 is 0 Å². The van der Waals surface area contributed by atoms with Crippen molar-refractivity contribution >= 4 is 22.6 Å². The Morgan fingerprint density at radius 1 is 1.11 bits per heavy atom. The Hall–Kier alpha value is -3.68. The lowest BCUT2D eigenvalue weighted by molar-refractivity contribution is -0.124. The van der Waals surface area contributed by atoms with Gasteiger partial charge in [0, 0.05) is 5.39 Å². The summed E-state index contributed by atoms with van der Waals surface area (Å²) in [4.78, 5) is 35.8. The zero-order valence-corrected chi connectivity index (χ0v) is 15.2. The molecule has 0 atom stereocenters. The summed E-state index contributed by atoms with van der Waals surface area (Å²) in [6.07, 6.45) is 0. The lowest BCUT2D eigenvalue weighted by Gasteiger charge is -2.09. The highest BCUT2D eigenvalue weighted by atomic mass is 16.5. The molecule has 28 heavy (non-hydrogen) atoms. The quantitative estimate of drug-likeness (QED) is 0.475. The normalized spacial score (nSPS) is 10.5. The molecule has 2 aromatic carbocycles. The fourth-order valence-corrected chi connectivity index (χ4v) is 2.59. The van der Waals surface area contributed by atoms with Crippen LogP contribution in [0.25, 0.3) is 10.8 Å². The molecule has 0 aliphatic heterocycles. The fraction of sp³-hybridized carbons (Fsp3) is 0.200. The summed E-state index contributed by atoms with van der Waals surface area (Å²) >= 11 is 0. The number of fused-ring (bicyclic) bond motifs is 1. The maximum Gasteiger partial charge on any atom is 0.359 e. The second-order valence-electron chi connectivity index (χ2n) is 6.04. The van der Waals surface area contributed by atoms with Gasteiger partial charge in [0.1, 0.15) is 12.4 Å². The molecule has 144 valence electrons. The fourth-order valence-electron chi connectivity index (χ4n) is 2.59. The van der Waals surface area contributed by atoms with Crippen LogP contribution in [0.15, 0.2) is 53.3 Å². The Kier molecular flexibility index (Phi) is 6.01. The van der Waals surface area contributed by atoms with Gasteiger partial charge in [0.05, 0.1) is 11.9 Å². The molecule has 2 N–H and O–H groups in total. The van der Waals surface area contributed by atoms with Gasteiger partial charge < -0.3 is 14.8 Å². The van der Waals surface area contributed by atoms with Gasteiger partial charge >= 0.3 is 5.97 Å². The van der Waals surface area contributed by atoms with E-state index < -0.39 is 24.0 Å². The highest BCUT2D eigenvalue weighted by Gasteiger charge is 2.16. The van der Waals surface area contributed by atoms with Crippen LogP contribution in [0.4, 0.5) is 0 Å². The summed E-state index contributed by atoms with van der Waals surface area (Å²) in [5, 5.41) is 9.27. The Morgan fingerprint density at radius 3 is 2.68 bits per heavy atom. The van der Waals surface area contributed by atoms with Gasteiger partial charge in [-0.1, -0.05) is 30.3 Å². The average molecular weight is 381 g/mol. The summed E-state index contributed by atoms with van der Waals surface area (Å²) in [5.41, 5.74) is 0.626. The van der Waals surface area contributed by atoms with Gasteiger partial charge in [-0.05, 0) is 30.7 Å². The molecule has 0 unspecified atom stereocenters. The van der Waals surface area contributed by atoms with Crippen molar-refractivity contribution in [3.63, 3.8) is 0 Å². The molecule has 3 rings (SSSR count). The van der Waals surface area contributed by atoms with Gasteiger partial charge in [-0.2, -0.15) is 5.10 Å². The third kappa shape index (κ3) is 4.73. The molecule has 1 heterocycles. The van der Waals surface area contributed by atoms with Crippen LogP contribution < -0.4 is 15.6 Å². The summed E-state index contributed by atoms with van der Waals surface area (Å²) in [7, 11) is 0. The Labute approximate surface area is 160 Å². The van der Waals surface area contributed by atoms with Gasteiger partial charge in [-0.25, -0.2) is 9.89 Å². The standard InChI is InChI=1S/C20H19N3O5/c1-13-5-4-6-14(11-13)27-10-9-21-17(24)12-28-20(26)18-15-7-2-3-8-16(15)19(25)23-22-18/h2-8,11H,9-10,12H2,1H3,(H,21,24)(H,23,25). The van der Waals surface area contributed by atoms with E-state index in [-0.39, 0.29) is 18.8 Å². The molecule has 8 heteroatoms. The van der Waals surface area contributed by atoms with Crippen LogP contribution in [0.1, 0.15) is 16.1 Å². The second-order valence-corrected chi connectivity index (χ2v) is 6.04. The van der Waals surface area contributed by atoms with E-state index in [4.69, 9.17) is 9.47 Å². The topological polar surface area (TPSA) is 110 Å². The van der Waals surface area contributed by atoms with Crippen LogP contribution in [0.5, 0.6) is 5.75 Å². The minimum Gasteiger partial charge on any atom is -0.492 e. The van der Waals surface area contributed by atoms with Crippen LogP contribution in [-0.2, 0) is 9.53 Å². The third-order valence-electron chi connectivity index (χ3n) is 3.91. The van der Waals surface area contributed by atoms with Gasteiger partial charge in [0.2, 0.25) is 0 Å². The first-order valence-corrected chi connectivity index (χ1v) is 8.65. The number of nitrogens with zero attached hydrogens (tertiary/aromatic N) is 1. The lowest BCUT2D eigenvalue weighted by Crippen LogP contribution is -2.32. The van der Waals surface area contributed by atoms with E-state index in [1.807, 2.05) is 31.2 Å². The highest BCUT2D eigenvalue weighted by molar-refractivity contribution is 6.02. The molecule has 0 aliphatic rings. The number of benzene rings is 2. The van der Waals surface area contributed by atoms with E-state index in [1.165, 1.54) is 0 Å². The molecule has 0 saturated heterocycles. The minimum atomic E-state index is -0.793. The largest absolute Gasteiger partial charge is 0.492 e. The Morgan fingerprint density at radius 2 is 1.89 bits per heavy atom. The zero-order valence-electron chi connectivity index (χ0n) is 15.2. The number of aryl methyl sites for hydroxylation is 1. The molecular formula is C20H19N3O5. The van der Waals surface area contributed by atoms with Crippen molar-refractivity contribution in [2.45, 2.75) is 6.92 Å². The molecule has 8 nitrogen and oxygen atoms in total. The molecule has 1 aromatic heterocycles. The van der Waals surface area contributed by atoms with Crippen molar-refractivity contribution < 1.29 is 19.1 Å². The van der Waals surface area contributed by atoms with Crippen molar-refractivity contribution in [2.24, 2.45) is 0 Å². The number of hydrogen-bond acceptors (Lipinski definition) is 6. The Bertz CT molecular complexity index is 1060. The Balaban J connectivity index is 1.48. The first-order valence-electron chi connectivity index (χ1n) is 8.65. The molecule has 0 spiro atoms. The van der Waals surface area contributed by atoms with Crippen LogP contribution in [0.2, 0.25) is 0 Å². The molecule has 3 aromatic rings. The number of carbonyl (C=O) groups is 2. The van der Waals surface area contributed by atoms with Crippen LogP contribution >= 0.6 is 0 Å². The molecular weight excluding hydrogens is 362 g/mol. The number of rotatable bonds is 7. The van der Waals surface area contributed by atoms with Crippen LogP contribution in [0, 0.1) is 6.92 Å². The van der Waals surface area contributed by atoms with Crippen molar-refractivity contribution in [1.82, 2.24) is 15.5 Å². The smallest absolute Gasteiger partial charge is 0.359 e. The third-order valence-corrected chi connectivity index (χ3v) is 3.91. The van der Waals surface area contributed by atoms with E-state index in [1.54, 1.807) is 24.3 Å². The van der Waals surface area contributed by atoms with Gasteiger partial charge in [-0.3, -0.25) is 9.59 Å². The minimum absolute atomic E-state index is 0.0502. The predicted molar refractivity (Wildman–Crippen MR) is 102 cm³/mol. The van der Waals surface area contributed by atoms with Crippen molar-refractivity contribution in [2.75, 3.05) is 19.8 Å². The van der Waals surface area contributed by atoms with Gasteiger partial charge in [0.15, 0.2) is 12.3 Å². The predicted octanol–water partition coefficient (Wildman–Crippen LogP) is 1.58. The molecule has 1 amide bonds. The number of esters is 1. The van der Waals surface area contributed by atoms with Crippen LogP contribution in [-0.4, -0.2) is 41.8 Å². The maximum atomic E-state index is 12.2. The first kappa shape index (κ1) is 19.1. The molecule has 0 bridgehead atoms. The molecule has 0 fully saturated rings. The highest BCUT2D eigenvalue weighted by Crippen LogP contribution is 2.13. The number of hydrogen-bond donors (Lipinski definition) is 2. The number of nitrogens with one attached hydrogen (secondary N) is 2. The van der Waals surface area contributed by atoms with Crippen molar-refractivity contribution in [1.29, 1.82) is 0 Å². The van der Waals surface area contributed by atoms with E-state index in [0.29, 0.717) is 10.8 Å². The van der Waals surface area contributed by atoms with Crippen LogP contribution in [0.3, 0.4) is 0 Å². The summed E-state index contributed by atoms with van der Waals surface area (Å²) in [6, 6.07) is 14.1. The second kappa shape index (κ2) is 8.81. The van der Waals surface area contributed by atoms with Crippen molar-refractivity contribution in [3.05, 3.63) is 70.1 Å². The first-order chi connectivity index (χ1) is 13.5. The monoisotopic (exact) mass is 381 g/mol. The summed E-state index contributed by atoms with van der Waals surface area (Å²) in [5.74, 6) is -0.537. The molecule has 0 aliphatic carbocycles. The number of aromatic nitrogens is 2.